The summed E-state index contributed by atoms with van der Waals surface area (Å²) in [6.07, 6.45) is 3.20. The zero-order chi connectivity index (χ0) is 20.6. The van der Waals surface area contributed by atoms with Crippen molar-refractivity contribution in [3.05, 3.63) is 77.6 Å². The molecule has 1 amide bonds. The number of carbonyl (C=O) groups excluding carboxylic acids is 1. The molecule has 0 bridgehead atoms. The number of nitrogens with one attached hydrogen (secondary N) is 2. The number of aromatic nitrogens is 4. The van der Waals surface area contributed by atoms with Crippen LogP contribution in [0.3, 0.4) is 0 Å². The van der Waals surface area contributed by atoms with Gasteiger partial charge in [0.25, 0.3) is 0 Å². The van der Waals surface area contributed by atoms with E-state index in [0.29, 0.717) is 11.7 Å². The van der Waals surface area contributed by atoms with Gasteiger partial charge in [-0.15, -0.1) is 10.2 Å². The molecular formula is C23H28N6O. The number of tetrazole rings is 1. The van der Waals surface area contributed by atoms with E-state index in [4.69, 9.17) is 0 Å². The maximum absolute atomic E-state index is 12.1. The first-order valence-electron chi connectivity index (χ1n) is 10.6. The van der Waals surface area contributed by atoms with Crippen LogP contribution in [-0.4, -0.2) is 57.1 Å². The third kappa shape index (κ3) is 5.51. The Balaban J connectivity index is 1.27. The highest BCUT2D eigenvalue weighted by atomic mass is 16.1. The molecule has 3 aromatic rings. The van der Waals surface area contributed by atoms with Gasteiger partial charge in [0.1, 0.15) is 0 Å². The molecule has 0 unspecified atom stereocenters. The summed E-state index contributed by atoms with van der Waals surface area (Å²) < 4.78 is 0. The lowest BCUT2D eigenvalue weighted by molar-refractivity contribution is -0.121. The Morgan fingerprint density at radius 1 is 1.03 bits per heavy atom. The molecule has 2 heterocycles. The van der Waals surface area contributed by atoms with Gasteiger partial charge < -0.3 is 10.2 Å². The highest BCUT2D eigenvalue weighted by Crippen LogP contribution is 2.28. The van der Waals surface area contributed by atoms with E-state index in [0.717, 1.165) is 38.9 Å². The molecule has 1 fully saturated rings. The summed E-state index contributed by atoms with van der Waals surface area (Å²) in [5, 5.41) is 16.6. The smallest absolute Gasteiger partial charge is 0.228 e. The molecule has 1 saturated heterocycles. The van der Waals surface area contributed by atoms with Crippen molar-refractivity contribution < 1.29 is 4.79 Å². The largest absolute Gasteiger partial charge is 0.353 e. The van der Waals surface area contributed by atoms with Crippen LogP contribution in [0.2, 0.25) is 0 Å². The molecule has 4 rings (SSSR count). The van der Waals surface area contributed by atoms with E-state index in [1.54, 1.807) is 0 Å². The summed E-state index contributed by atoms with van der Waals surface area (Å²) >= 11 is 0. The third-order valence-corrected chi connectivity index (χ3v) is 5.80. The number of aromatic amines is 1. The van der Waals surface area contributed by atoms with Crippen molar-refractivity contribution >= 4 is 5.91 Å². The van der Waals surface area contributed by atoms with E-state index in [2.05, 4.69) is 91.5 Å². The van der Waals surface area contributed by atoms with Crippen LogP contribution in [0, 0.1) is 0 Å². The first-order valence-corrected chi connectivity index (χ1v) is 10.6. The second-order valence-electron chi connectivity index (χ2n) is 7.85. The SMILES string of the molecule is O=C(Cc1nn[nH]n1)NC1CCN(CCC(c2ccccc2)c2ccccc2)CC1. The number of benzene rings is 2. The quantitative estimate of drug-likeness (QED) is 0.603. The predicted molar refractivity (Wildman–Crippen MR) is 115 cm³/mol. The van der Waals surface area contributed by atoms with Gasteiger partial charge in [0.05, 0.1) is 6.42 Å². The Bertz CT molecular complexity index is 852. The van der Waals surface area contributed by atoms with E-state index in [-0.39, 0.29) is 18.4 Å². The second kappa shape index (κ2) is 10.1. The van der Waals surface area contributed by atoms with Crippen molar-refractivity contribution in [2.45, 2.75) is 37.6 Å². The fourth-order valence-electron chi connectivity index (χ4n) is 4.19. The maximum Gasteiger partial charge on any atom is 0.228 e. The van der Waals surface area contributed by atoms with Crippen molar-refractivity contribution in [2.75, 3.05) is 19.6 Å². The zero-order valence-electron chi connectivity index (χ0n) is 17.1. The molecule has 156 valence electrons. The summed E-state index contributed by atoms with van der Waals surface area (Å²) in [5.74, 6) is 0.792. The summed E-state index contributed by atoms with van der Waals surface area (Å²) in [6, 6.07) is 21.7. The van der Waals surface area contributed by atoms with Gasteiger partial charge in [-0.2, -0.15) is 5.21 Å². The van der Waals surface area contributed by atoms with Crippen molar-refractivity contribution in [2.24, 2.45) is 0 Å². The second-order valence-corrected chi connectivity index (χ2v) is 7.85. The van der Waals surface area contributed by atoms with E-state index >= 15 is 0 Å². The van der Waals surface area contributed by atoms with Crippen LogP contribution >= 0.6 is 0 Å². The highest BCUT2D eigenvalue weighted by Gasteiger charge is 2.22. The molecule has 30 heavy (non-hydrogen) atoms. The average molecular weight is 405 g/mol. The van der Waals surface area contributed by atoms with E-state index in [1.165, 1.54) is 11.1 Å². The van der Waals surface area contributed by atoms with Gasteiger partial charge in [0, 0.05) is 25.0 Å². The van der Waals surface area contributed by atoms with E-state index < -0.39 is 0 Å². The third-order valence-electron chi connectivity index (χ3n) is 5.80. The van der Waals surface area contributed by atoms with Crippen molar-refractivity contribution in [3.8, 4) is 0 Å². The lowest BCUT2D eigenvalue weighted by Crippen LogP contribution is -2.45. The highest BCUT2D eigenvalue weighted by molar-refractivity contribution is 5.77. The number of nitrogens with zero attached hydrogens (tertiary/aromatic N) is 4. The van der Waals surface area contributed by atoms with Crippen molar-refractivity contribution in [1.29, 1.82) is 0 Å². The summed E-state index contributed by atoms with van der Waals surface area (Å²) in [4.78, 5) is 14.7. The van der Waals surface area contributed by atoms with Crippen LogP contribution in [0.1, 0.15) is 42.1 Å². The van der Waals surface area contributed by atoms with E-state index in [9.17, 15) is 4.79 Å². The molecule has 2 aromatic carbocycles. The number of carbonyl (C=O) groups is 1. The Morgan fingerprint density at radius 3 is 2.23 bits per heavy atom. The van der Waals surface area contributed by atoms with Crippen LogP contribution in [-0.2, 0) is 11.2 Å². The van der Waals surface area contributed by atoms with Crippen LogP contribution in [0.5, 0.6) is 0 Å². The van der Waals surface area contributed by atoms with Crippen LogP contribution in [0.25, 0.3) is 0 Å². The fourth-order valence-corrected chi connectivity index (χ4v) is 4.19. The Morgan fingerprint density at radius 2 is 1.67 bits per heavy atom. The molecule has 0 saturated carbocycles. The lowest BCUT2D eigenvalue weighted by Gasteiger charge is -2.33. The molecule has 0 atom stereocenters. The van der Waals surface area contributed by atoms with Gasteiger partial charge in [0.15, 0.2) is 5.82 Å². The Labute approximate surface area is 176 Å². The first kappa shape index (κ1) is 20.2. The molecule has 1 aliphatic heterocycles. The summed E-state index contributed by atoms with van der Waals surface area (Å²) in [5.41, 5.74) is 2.74. The molecule has 7 nitrogen and oxygen atoms in total. The summed E-state index contributed by atoms with van der Waals surface area (Å²) in [6.45, 7) is 3.06. The van der Waals surface area contributed by atoms with Crippen LogP contribution < -0.4 is 5.32 Å². The fraction of sp³-hybridized carbons (Fsp3) is 0.391. The number of hydrogen-bond acceptors (Lipinski definition) is 5. The standard InChI is InChI=1S/C23H28N6O/c30-23(17-22-25-27-28-26-22)24-20-11-14-29(15-12-20)16-13-21(18-7-3-1-4-8-18)19-9-5-2-6-10-19/h1-10,20-21H,11-17H2,(H,24,30)(H,25,26,27,28). The van der Waals surface area contributed by atoms with Gasteiger partial charge in [-0.1, -0.05) is 65.9 Å². The minimum Gasteiger partial charge on any atom is -0.353 e. The number of likely N-dealkylation sites (tertiary alicyclic amines) is 1. The molecular weight excluding hydrogens is 376 g/mol. The summed E-state index contributed by atoms with van der Waals surface area (Å²) in [7, 11) is 0. The van der Waals surface area contributed by atoms with E-state index in [1.807, 2.05) is 0 Å². The monoisotopic (exact) mass is 404 g/mol. The predicted octanol–water partition coefficient (Wildman–Crippen LogP) is 2.55. The molecule has 7 heteroatoms. The Kier molecular flexibility index (Phi) is 6.82. The van der Waals surface area contributed by atoms with Gasteiger partial charge in [0.2, 0.25) is 5.91 Å². The average Bonchev–Trinajstić information content (AvgIpc) is 3.29. The number of piperidine rings is 1. The normalized spacial score (nSPS) is 15.4. The van der Waals surface area contributed by atoms with Crippen molar-refractivity contribution in [1.82, 2.24) is 30.8 Å². The topological polar surface area (TPSA) is 86.8 Å². The number of amides is 1. The van der Waals surface area contributed by atoms with Crippen LogP contribution in [0.15, 0.2) is 60.7 Å². The molecule has 1 aromatic heterocycles. The van der Waals surface area contributed by atoms with Crippen LogP contribution in [0.4, 0.5) is 0 Å². The molecule has 0 aliphatic carbocycles. The number of hydrogen-bond donors (Lipinski definition) is 2. The minimum atomic E-state index is -0.0388. The lowest BCUT2D eigenvalue weighted by atomic mass is 9.88. The number of H-pyrrole nitrogens is 1. The minimum absolute atomic E-state index is 0.0388. The van der Waals surface area contributed by atoms with Gasteiger partial charge in [-0.3, -0.25) is 4.79 Å². The van der Waals surface area contributed by atoms with Gasteiger partial charge in [-0.05, 0) is 36.9 Å². The van der Waals surface area contributed by atoms with Crippen molar-refractivity contribution in [3.63, 3.8) is 0 Å². The number of rotatable bonds is 8. The van der Waals surface area contributed by atoms with Gasteiger partial charge in [-0.25, -0.2) is 0 Å². The Hall–Kier alpha value is -3.06. The molecule has 1 aliphatic rings. The first-order chi connectivity index (χ1) is 14.8. The zero-order valence-corrected chi connectivity index (χ0v) is 17.1. The maximum atomic E-state index is 12.1. The molecule has 0 radical (unpaired) electrons. The van der Waals surface area contributed by atoms with Gasteiger partial charge >= 0.3 is 0 Å². The molecule has 2 N–H and O–H groups in total. The molecule has 0 spiro atoms.